The van der Waals surface area contributed by atoms with Gasteiger partial charge in [-0.3, -0.25) is 9.59 Å². The Morgan fingerprint density at radius 1 is 1.39 bits per heavy atom. The van der Waals surface area contributed by atoms with Crippen molar-refractivity contribution >= 4 is 11.8 Å². The summed E-state index contributed by atoms with van der Waals surface area (Å²) in [5.41, 5.74) is -0.700. The van der Waals surface area contributed by atoms with Gasteiger partial charge in [0.25, 0.3) is 0 Å². The minimum atomic E-state index is -0.700. The van der Waals surface area contributed by atoms with Crippen LogP contribution >= 0.6 is 0 Å². The van der Waals surface area contributed by atoms with Crippen LogP contribution in [0.4, 0.5) is 0 Å². The highest BCUT2D eigenvalue weighted by Gasteiger charge is 2.44. The van der Waals surface area contributed by atoms with Crippen molar-refractivity contribution in [2.75, 3.05) is 19.7 Å². The minimum absolute atomic E-state index is 0.0441. The van der Waals surface area contributed by atoms with Gasteiger partial charge in [0.1, 0.15) is 5.54 Å². The van der Waals surface area contributed by atoms with Gasteiger partial charge in [0.2, 0.25) is 11.8 Å². The molecule has 0 aliphatic carbocycles. The molecule has 0 aromatic rings. The largest absolute Gasteiger partial charge is 0.376 e. The number of piperazine rings is 1. The smallest absolute Gasteiger partial charge is 0.248 e. The van der Waals surface area contributed by atoms with Gasteiger partial charge in [0.15, 0.2) is 0 Å². The number of amides is 2. The lowest BCUT2D eigenvalue weighted by Gasteiger charge is -2.41. The molecule has 2 amide bonds. The Balaban J connectivity index is 2.09. The van der Waals surface area contributed by atoms with E-state index in [1.165, 1.54) is 0 Å². The standard InChI is InChI=1S/C13H22N2O3/c1-3-13(4-2)12(17)15(9-11(16)14-13)8-10-6-5-7-18-10/h10H,3-9H2,1-2H3,(H,14,16). The van der Waals surface area contributed by atoms with E-state index < -0.39 is 5.54 Å². The van der Waals surface area contributed by atoms with Crippen LogP contribution in [0.15, 0.2) is 0 Å². The van der Waals surface area contributed by atoms with Crippen molar-refractivity contribution in [3.05, 3.63) is 0 Å². The Bertz CT molecular complexity index is 333. The van der Waals surface area contributed by atoms with E-state index in [-0.39, 0.29) is 24.5 Å². The van der Waals surface area contributed by atoms with Crippen molar-refractivity contribution in [2.45, 2.75) is 51.2 Å². The van der Waals surface area contributed by atoms with Gasteiger partial charge in [-0.15, -0.1) is 0 Å². The summed E-state index contributed by atoms with van der Waals surface area (Å²) < 4.78 is 5.55. The van der Waals surface area contributed by atoms with E-state index >= 15 is 0 Å². The van der Waals surface area contributed by atoms with Gasteiger partial charge in [-0.2, -0.15) is 0 Å². The van der Waals surface area contributed by atoms with Gasteiger partial charge in [-0.05, 0) is 25.7 Å². The third kappa shape index (κ3) is 2.36. The molecule has 5 heteroatoms. The molecule has 0 radical (unpaired) electrons. The highest BCUT2D eigenvalue weighted by atomic mass is 16.5. The first-order valence-electron chi connectivity index (χ1n) is 6.83. The molecule has 0 bridgehead atoms. The molecule has 2 rings (SSSR count). The van der Waals surface area contributed by atoms with Crippen LogP contribution in [-0.2, 0) is 14.3 Å². The number of hydrogen-bond acceptors (Lipinski definition) is 3. The average molecular weight is 254 g/mol. The topological polar surface area (TPSA) is 58.6 Å². The van der Waals surface area contributed by atoms with E-state index in [2.05, 4.69) is 5.32 Å². The van der Waals surface area contributed by atoms with Gasteiger partial charge in [-0.1, -0.05) is 13.8 Å². The maximum absolute atomic E-state index is 12.5. The zero-order chi connectivity index (χ0) is 13.2. The molecule has 1 unspecified atom stereocenters. The van der Waals surface area contributed by atoms with Crippen molar-refractivity contribution in [3.63, 3.8) is 0 Å². The monoisotopic (exact) mass is 254 g/mol. The van der Waals surface area contributed by atoms with Crippen LogP contribution in [0.3, 0.4) is 0 Å². The molecule has 2 saturated heterocycles. The normalized spacial score (nSPS) is 27.4. The summed E-state index contributed by atoms with van der Waals surface area (Å²) in [6, 6.07) is 0. The fraction of sp³-hybridized carbons (Fsp3) is 0.846. The van der Waals surface area contributed by atoms with Crippen LogP contribution in [0.2, 0.25) is 0 Å². The molecule has 2 heterocycles. The van der Waals surface area contributed by atoms with Crippen molar-refractivity contribution in [1.29, 1.82) is 0 Å². The number of nitrogens with one attached hydrogen (secondary N) is 1. The van der Waals surface area contributed by atoms with Crippen molar-refractivity contribution < 1.29 is 14.3 Å². The van der Waals surface area contributed by atoms with Crippen LogP contribution in [-0.4, -0.2) is 48.1 Å². The van der Waals surface area contributed by atoms with Crippen LogP contribution in [0, 0.1) is 0 Å². The Morgan fingerprint density at radius 3 is 2.67 bits per heavy atom. The van der Waals surface area contributed by atoms with E-state index in [0.29, 0.717) is 19.4 Å². The van der Waals surface area contributed by atoms with Gasteiger partial charge in [-0.25, -0.2) is 0 Å². The fourth-order valence-corrected chi connectivity index (χ4v) is 2.82. The summed E-state index contributed by atoms with van der Waals surface area (Å²) in [5.74, 6) is -0.0149. The molecule has 2 fully saturated rings. The molecular formula is C13H22N2O3. The number of carbonyl (C=O) groups is 2. The van der Waals surface area contributed by atoms with E-state index in [0.717, 1.165) is 19.4 Å². The van der Waals surface area contributed by atoms with E-state index in [1.807, 2.05) is 13.8 Å². The zero-order valence-corrected chi connectivity index (χ0v) is 11.2. The molecule has 1 N–H and O–H groups in total. The lowest BCUT2D eigenvalue weighted by atomic mass is 9.89. The maximum atomic E-state index is 12.5. The third-order valence-corrected chi connectivity index (χ3v) is 4.06. The van der Waals surface area contributed by atoms with E-state index in [4.69, 9.17) is 4.74 Å². The molecule has 5 nitrogen and oxygen atoms in total. The summed E-state index contributed by atoms with van der Waals surface area (Å²) in [6.07, 6.45) is 3.40. The Labute approximate surface area is 108 Å². The number of rotatable bonds is 4. The molecule has 0 aromatic carbocycles. The second kappa shape index (κ2) is 5.26. The van der Waals surface area contributed by atoms with Crippen LogP contribution in [0.25, 0.3) is 0 Å². The molecule has 18 heavy (non-hydrogen) atoms. The molecule has 2 aliphatic heterocycles. The van der Waals surface area contributed by atoms with Gasteiger partial charge >= 0.3 is 0 Å². The first-order valence-corrected chi connectivity index (χ1v) is 6.83. The van der Waals surface area contributed by atoms with Gasteiger partial charge in [0, 0.05) is 13.2 Å². The first-order chi connectivity index (χ1) is 8.61. The van der Waals surface area contributed by atoms with Crippen molar-refractivity contribution in [1.82, 2.24) is 10.2 Å². The van der Waals surface area contributed by atoms with Gasteiger partial charge in [0.05, 0.1) is 12.6 Å². The molecule has 1 atom stereocenters. The summed E-state index contributed by atoms with van der Waals surface area (Å²) in [7, 11) is 0. The van der Waals surface area contributed by atoms with Crippen molar-refractivity contribution in [3.8, 4) is 0 Å². The third-order valence-electron chi connectivity index (χ3n) is 4.06. The zero-order valence-electron chi connectivity index (χ0n) is 11.2. The fourth-order valence-electron chi connectivity index (χ4n) is 2.82. The lowest BCUT2D eigenvalue weighted by Crippen LogP contribution is -2.66. The highest BCUT2D eigenvalue weighted by molar-refractivity contribution is 5.97. The van der Waals surface area contributed by atoms with Crippen molar-refractivity contribution in [2.24, 2.45) is 0 Å². The number of carbonyl (C=O) groups excluding carboxylic acids is 2. The molecule has 102 valence electrons. The average Bonchev–Trinajstić information content (AvgIpc) is 2.86. The predicted octanol–water partition coefficient (Wildman–Crippen LogP) is 0.683. The highest BCUT2D eigenvalue weighted by Crippen LogP contribution is 2.23. The molecule has 0 saturated carbocycles. The quantitative estimate of drug-likeness (QED) is 0.802. The van der Waals surface area contributed by atoms with Gasteiger partial charge < -0.3 is 15.0 Å². The SMILES string of the molecule is CCC1(CC)NC(=O)CN(CC2CCCO2)C1=O. The Kier molecular flexibility index (Phi) is 3.90. The minimum Gasteiger partial charge on any atom is -0.376 e. The van der Waals surface area contributed by atoms with E-state index in [1.54, 1.807) is 4.90 Å². The number of ether oxygens (including phenoxy) is 1. The molecule has 0 aromatic heterocycles. The Morgan fingerprint density at radius 2 is 2.11 bits per heavy atom. The lowest BCUT2D eigenvalue weighted by molar-refractivity contribution is -0.151. The maximum Gasteiger partial charge on any atom is 0.248 e. The summed E-state index contributed by atoms with van der Waals surface area (Å²) in [4.78, 5) is 25.9. The number of nitrogens with zero attached hydrogens (tertiary/aromatic N) is 1. The predicted molar refractivity (Wildman–Crippen MR) is 67.0 cm³/mol. The van der Waals surface area contributed by atoms with E-state index in [9.17, 15) is 9.59 Å². The molecule has 2 aliphatic rings. The second-order valence-electron chi connectivity index (χ2n) is 5.16. The number of hydrogen-bond donors (Lipinski definition) is 1. The summed E-state index contributed by atoms with van der Waals surface area (Å²) >= 11 is 0. The van der Waals surface area contributed by atoms with Crippen LogP contribution in [0.5, 0.6) is 0 Å². The first kappa shape index (κ1) is 13.3. The van der Waals surface area contributed by atoms with Crippen LogP contribution < -0.4 is 5.32 Å². The molecular weight excluding hydrogens is 232 g/mol. The summed E-state index contributed by atoms with van der Waals surface area (Å²) in [5, 5.41) is 2.86. The molecule has 0 spiro atoms. The summed E-state index contributed by atoms with van der Waals surface area (Å²) in [6.45, 7) is 5.37. The van der Waals surface area contributed by atoms with Crippen LogP contribution in [0.1, 0.15) is 39.5 Å². The second-order valence-corrected chi connectivity index (χ2v) is 5.16. The Hall–Kier alpha value is -1.10.